The first-order valence-corrected chi connectivity index (χ1v) is 9.28. The van der Waals surface area contributed by atoms with Gasteiger partial charge in [0.25, 0.3) is 5.91 Å². The number of amides is 1. The fraction of sp³-hybridized carbons (Fsp3) is 0.238. The molecule has 30 heavy (non-hydrogen) atoms. The van der Waals surface area contributed by atoms with Crippen LogP contribution in [-0.4, -0.2) is 38.9 Å². The number of anilines is 1. The quantitative estimate of drug-likeness (QED) is 0.446. The maximum atomic E-state index is 12.3. The average Bonchev–Trinajstić information content (AvgIpc) is 3.22. The number of aryl methyl sites for hydroxylation is 1. The summed E-state index contributed by atoms with van der Waals surface area (Å²) in [6.07, 6.45) is 0.708. The zero-order valence-corrected chi connectivity index (χ0v) is 16.5. The molecule has 1 aromatic carbocycles. The molecule has 1 amide bonds. The minimum Gasteiger partial charge on any atom is -0.453 e. The number of carbonyl (C=O) groups excluding carboxylic acids is 3. The fourth-order valence-electron chi connectivity index (χ4n) is 2.61. The second kappa shape index (κ2) is 9.55. The molecule has 0 spiro atoms. The SMILES string of the molecule is CC(=O)c1ccccc1NC(=O)C(C)OC(=O)CCc1nc(-c2ccccn2)no1. The standard InChI is InChI=1S/C21H20N4O5/c1-13(26)15-7-3-4-8-16(15)23-21(28)14(2)29-19(27)11-10-18-24-20(25-30-18)17-9-5-6-12-22-17/h3-9,12,14H,10-11H2,1-2H3,(H,23,28). The van der Waals surface area contributed by atoms with Gasteiger partial charge in [0, 0.05) is 18.2 Å². The van der Waals surface area contributed by atoms with Gasteiger partial charge in [0.1, 0.15) is 5.69 Å². The minimum absolute atomic E-state index is 0.0362. The van der Waals surface area contributed by atoms with Crippen molar-refractivity contribution in [1.29, 1.82) is 0 Å². The van der Waals surface area contributed by atoms with E-state index in [0.717, 1.165) is 0 Å². The van der Waals surface area contributed by atoms with Crippen molar-refractivity contribution in [3.63, 3.8) is 0 Å². The molecular formula is C21H20N4O5. The van der Waals surface area contributed by atoms with E-state index in [1.54, 1.807) is 48.7 Å². The van der Waals surface area contributed by atoms with Crippen LogP contribution in [0.1, 0.15) is 36.5 Å². The largest absolute Gasteiger partial charge is 0.453 e. The summed E-state index contributed by atoms with van der Waals surface area (Å²) in [6.45, 7) is 2.86. The molecule has 0 fully saturated rings. The highest BCUT2D eigenvalue weighted by Crippen LogP contribution is 2.16. The molecule has 0 aliphatic rings. The van der Waals surface area contributed by atoms with E-state index < -0.39 is 18.0 Å². The summed E-state index contributed by atoms with van der Waals surface area (Å²) in [7, 11) is 0. The number of hydrogen-bond acceptors (Lipinski definition) is 8. The molecular weight excluding hydrogens is 388 g/mol. The number of para-hydroxylation sites is 1. The number of esters is 1. The monoisotopic (exact) mass is 408 g/mol. The molecule has 0 radical (unpaired) electrons. The molecule has 0 bridgehead atoms. The summed E-state index contributed by atoms with van der Waals surface area (Å²) in [5.74, 6) is -0.710. The lowest BCUT2D eigenvalue weighted by atomic mass is 10.1. The van der Waals surface area contributed by atoms with Crippen LogP contribution in [0.4, 0.5) is 5.69 Å². The molecule has 0 aliphatic carbocycles. The molecule has 1 atom stereocenters. The molecule has 0 saturated heterocycles. The summed E-state index contributed by atoms with van der Waals surface area (Å²) in [5.41, 5.74) is 1.31. The lowest BCUT2D eigenvalue weighted by molar-refractivity contribution is -0.153. The summed E-state index contributed by atoms with van der Waals surface area (Å²) >= 11 is 0. The molecule has 154 valence electrons. The number of ketones is 1. The Balaban J connectivity index is 1.51. The molecule has 1 unspecified atom stereocenters. The Bertz CT molecular complexity index is 1050. The van der Waals surface area contributed by atoms with Gasteiger partial charge in [0.15, 0.2) is 11.9 Å². The smallest absolute Gasteiger partial charge is 0.307 e. The Morgan fingerprint density at radius 1 is 1.13 bits per heavy atom. The van der Waals surface area contributed by atoms with Crippen LogP contribution in [0.5, 0.6) is 0 Å². The third-order valence-corrected chi connectivity index (χ3v) is 4.15. The number of ether oxygens (including phenoxy) is 1. The molecule has 3 aromatic rings. The number of aromatic nitrogens is 3. The Hall–Kier alpha value is -3.88. The van der Waals surface area contributed by atoms with E-state index in [4.69, 9.17) is 9.26 Å². The normalized spacial score (nSPS) is 11.5. The maximum Gasteiger partial charge on any atom is 0.307 e. The number of carbonyl (C=O) groups is 3. The van der Waals surface area contributed by atoms with Crippen LogP contribution in [0, 0.1) is 0 Å². The average molecular weight is 408 g/mol. The first kappa shape index (κ1) is 20.8. The second-order valence-corrected chi connectivity index (χ2v) is 6.45. The van der Waals surface area contributed by atoms with Crippen molar-refractivity contribution in [3.8, 4) is 11.5 Å². The van der Waals surface area contributed by atoms with Gasteiger partial charge in [-0.05, 0) is 38.1 Å². The van der Waals surface area contributed by atoms with Crippen LogP contribution in [0.2, 0.25) is 0 Å². The van der Waals surface area contributed by atoms with Gasteiger partial charge in [-0.15, -0.1) is 0 Å². The minimum atomic E-state index is -1.04. The highest BCUT2D eigenvalue weighted by molar-refractivity contribution is 6.04. The number of rotatable bonds is 8. The van der Waals surface area contributed by atoms with Crippen LogP contribution in [0.25, 0.3) is 11.5 Å². The van der Waals surface area contributed by atoms with E-state index in [-0.39, 0.29) is 24.5 Å². The number of Topliss-reactive ketones (excluding diaryl/α,β-unsaturated/α-hetero) is 1. The third-order valence-electron chi connectivity index (χ3n) is 4.15. The van der Waals surface area contributed by atoms with Gasteiger partial charge < -0.3 is 14.6 Å². The fourth-order valence-corrected chi connectivity index (χ4v) is 2.61. The van der Waals surface area contributed by atoms with E-state index in [9.17, 15) is 14.4 Å². The van der Waals surface area contributed by atoms with Crippen molar-refractivity contribution < 1.29 is 23.6 Å². The Labute approximate surface area is 172 Å². The topological polar surface area (TPSA) is 124 Å². The molecule has 9 nitrogen and oxygen atoms in total. The summed E-state index contributed by atoms with van der Waals surface area (Å²) in [5, 5.41) is 6.44. The highest BCUT2D eigenvalue weighted by Gasteiger charge is 2.20. The zero-order chi connectivity index (χ0) is 21.5. The van der Waals surface area contributed by atoms with Crippen LogP contribution < -0.4 is 5.32 Å². The molecule has 2 heterocycles. The Morgan fingerprint density at radius 3 is 2.63 bits per heavy atom. The number of hydrogen-bond donors (Lipinski definition) is 1. The van der Waals surface area contributed by atoms with E-state index in [1.807, 2.05) is 0 Å². The summed E-state index contributed by atoms with van der Waals surface area (Å²) in [6, 6.07) is 11.9. The van der Waals surface area contributed by atoms with E-state index >= 15 is 0 Å². The first-order valence-electron chi connectivity index (χ1n) is 9.28. The second-order valence-electron chi connectivity index (χ2n) is 6.45. The van der Waals surface area contributed by atoms with Crippen molar-refractivity contribution >= 4 is 23.3 Å². The van der Waals surface area contributed by atoms with Crippen LogP contribution in [-0.2, 0) is 20.7 Å². The van der Waals surface area contributed by atoms with Crippen LogP contribution >= 0.6 is 0 Å². The maximum absolute atomic E-state index is 12.3. The zero-order valence-electron chi connectivity index (χ0n) is 16.5. The molecule has 3 rings (SSSR count). The van der Waals surface area contributed by atoms with Crippen molar-refractivity contribution in [2.75, 3.05) is 5.32 Å². The lowest BCUT2D eigenvalue weighted by Gasteiger charge is -2.14. The summed E-state index contributed by atoms with van der Waals surface area (Å²) in [4.78, 5) is 44.3. The summed E-state index contributed by atoms with van der Waals surface area (Å²) < 4.78 is 10.3. The van der Waals surface area contributed by atoms with E-state index in [1.165, 1.54) is 13.8 Å². The van der Waals surface area contributed by atoms with Gasteiger partial charge in [0.2, 0.25) is 11.7 Å². The number of nitrogens with one attached hydrogen (secondary N) is 1. The molecule has 1 N–H and O–H groups in total. The van der Waals surface area contributed by atoms with Crippen molar-refractivity contribution in [2.24, 2.45) is 0 Å². The Morgan fingerprint density at radius 2 is 1.90 bits per heavy atom. The predicted octanol–water partition coefficient (Wildman–Crippen LogP) is 2.84. The van der Waals surface area contributed by atoms with E-state index in [0.29, 0.717) is 22.8 Å². The molecule has 2 aromatic heterocycles. The Kier molecular flexibility index (Phi) is 6.63. The van der Waals surface area contributed by atoms with Crippen molar-refractivity contribution in [2.45, 2.75) is 32.8 Å². The lowest BCUT2D eigenvalue weighted by Crippen LogP contribution is -2.30. The van der Waals surface area contributed by atoms with Gasteiger partial charge in [0.05, 0.1) is 12.1 Å². The third kappa shape index (κ3) is 5.34. The number of pyridine rings is 1. The van der Waals surface area contributed by atoms with Crippen molar-refractivity contribution in [3.05, 3.63) is 60.1 Å². The first-order chi connectivity index (χ1) is 14.4. The van der Waals surface area contributed by atoms with E-state index in [2.05, 4.69) is 20.4 Å². The van der Waals surface area contributed by atoms with Gasteiger partial charge >= 0.3 is 5.97 Å². The van der Waals surface area contributed by atoms with Gasteiger partial charge in [-0.3, -0.25) is 19.4 Å². The number of benzene rings is 1. The van der Waals surface area contributed by atoms with Crippen LogP contribution in [0.15, 0.2) is 53.2 Å². The molecule has 0 saturated carbocycles. The van der Waals surface area contributed by atoms with Crippen molar-refractivity contribution in [1.82, 2.24) is 15.1 Å². The van der Waals surface area contributed by atoms with Gasteiger partial charge in [-0.25, -0.2) is 0 Å². The molecule has 0 aliphatic heterocycles. The van der Waals surface area contributed by atoms with Gasteiger partial charge in [-0.2, -0.15) is 4.98 Å². The molecule has 9 heteroatoms. The predicted molar refractivity (Wildman–Crippen MR) is 106 cm³/mol. The van der Waals surface area contributed by atoms with Gasteiger partial charge in [-0.1, -0.05) is 23.4 Å². The highest BCUT2D eigenvalue weighted by atomic mass is 16.5. The van der Waals surface area contributed by atoms with Crippen LogP contribution in [0.3, 0.4) is 0 Å². The number of nitrogens with zero attached hydrogens (tertiary/aromatic N) is 3.